The van der Waals surface area contributed by atoms with Crippen LogP contribution in [0.2, 0.25) is 0 Å². The number of anilines is 1. The molecule has 0 heterocycles. The highest BCUT2D eigenvalue weighted by Crippen LogP contribution is 2.13. The van der Waals surface area contributed by atoms with Crippen LogP contribution in [0.1, 0.15) is 20.3 Å². The summed E-state index contributed by atoms with van der Waals surface area (Å²) in [6, 6.07) is 6.66. The summed E-state index contributed by atoms with van der Waals surface area (Å²) < 4.78 is 13.2. The van der Waals surface area contributed by atoms with E-state index in [9.17, 15) is 4.39 Å². The first kappa shape index (κ1) is 20.9. The molecule has 0 atom stereocenters. The number of nitrogens with zero attached hydrogens (tertiary/aromatic N) is 2. The van der Waals surface area contributed by atoms with E-state index in [1.807, 2.05) is 13.1 Å². The Morgan fingerprint density at radius 1 is 1.32 bits per heavy atom. The topological polar surface area (TPSA) is 39.7 Å². The zero-order valence-corrected chi connectivity index (χ0v) is 16.2. The monoisotopic (exact) mass is 422 g/mol. The standard InChI is InChI=1S/C16H27FN4.HI/c1-13(2)12-20-16(18-3)19-9-6-10-21(4)15-8-5-7-14(17)11-15;/h5,7-8,11,13H,6,9-10,12H2,1-4H3,(H2,18,19,20);1H. The lowest BCUT2D eigenvalue weighted by atomic mass is 10.2. The zero-order chi connectivity index (χ0) is 15.7. The molecule has 1 aromatic carbocycles. The molecular formula is C16H28FIN4. The Bertz CT molecular complexity index is 452. The highest BCUT2D eigenvalue weighted by Gasteiger charge is 2.03. The second-order valence-electron chi connectivity index (χ2n) is 5.53. The molecule has 126 valence electrons. The van der Waals surface area contributed by atoms with Gasteiger partial charge >= 0.3 is 0 Å². The van der Waals surface area contributed by atoms with Crippen molar-refractivity contribution < 1.29 is 4.39 Å². The second-order valence-corrected chi connectivity index (χ2v) is 5.53. The fraction of sp³-hybridized carbons (Fsp3) is 0.562. The molecule has 0 aromatic heterocycles. The Hall–Kier alpha value is -1.05. The number of guanidine groups is 1. The quantitative estimate of drug-likeness (QED) is 0.307. The molecule has 0 aliphatic rings. The Balaban J connectivity index is 0.00000441. The second kappa shape index (κ2) is 11.5. The van der Waals surface area contributed by atoms with Gasteiger partial charge in [-0.15, -0.1) is 24.0 Å². The van der Waals surface area contributed by atoms with Crippen LogP contribution in [0.3, 0.4) is 0 Å². The van der Waals surface area contributed by atoms with E-state index in [1.165, 1.54) is 6.07 Å². The number of nitrogens with one attached hydrogen (secondary N) is 2. The summed E-state index contributed by atoms with van der Waals surface area (Å²) in [7, 11) is 3.75. The molecule has 0 saturated heterocycles. The van der Waals surface area contributed by atoms with Crippen LogP contribution >= 0.6 is 24.0 Å². The third kappa shape index (κ3) is 8.41. The van der Waals surface area contributed by atoms with Gasteiger partial charge in [-0.2, -0.15) is 0 Å². The summed E-state index contributed by atoms with van der Waals surface area (Å²) in [6.07, 6.45) is 0.954. The van der Waals surface area contributed by atoms with Crippen LogP contribution in [0.4, 0.5) is 10.1 Å². The number of rotatable bonds is 7. The van der Waals surface area contributed by atoms with Gasteiger partial charge in [-0.05, 0) is 30.5 Å². The van der Waals surface area contributed by atoms with Gasteiger partial charge in [-0.3, -0.25) is 4.99 Å². The van der Waals surface area contributed by atoms with Crippen molar-refractivity contribution in [1.82, 2.24) is 10.6 Å². The van der Waals surface area contributed by atoms with Crippen molar-refractivity contribution >= 4 is 35.6 Å². The lowest BCUT2D eigenvalue weighted by Gasteiger charge is -2.20. The molecule has 0 unspecified atom stereocenters. The number of hydrogen-bond donors (Lipinski definition) is 2. The fourth-order valence-electron chi connectivity index (χ4n) is 1.89. The number of aliphatic imine (C=N–C) groups is 1. The van der Waals surface area contributed by atoms with Crippen molar-refractivity contribution in [1.29, 1.82) is 0 Å². The summed E-state index contributed by atoms with van der Waals surface area (Å²) in [5, 5.41) is 6.55. The molecule has 4 nitrogen and oxygen atoms in total. The zero-order valence-electron chi connectivity index (χ0n) is 13.9. The lowest BCUT2D eigenvalue weighted by molar-refractivity contribution is 0.612. The van der Waals surface area contributed by atoms with Gasteiger partial charge in [0.25, 0.3) is 0 Å². The normalized spacial score (nSPS) is 11.1. The number of hydrogen-bond acceptors (Lipinski definition) is 2. The molecule has 0 radical (unpaired) electrons. The molecule has 0 bridgehead atoms. The third-order valence-electron chi connectivity index (χ3n) is 3.11. The van der Waals surface area contributed by atoms with Gasteiger partial charge in [0.1, 0.15) is 5.82 Å². The van der Waals surface area contributed by atoms with Crippen molar-refractivity contribution in [3.8, 4) is 0 Å². The van der Waals surface area contributed by atoms with Crippen LogP contribution in [-0.2, 0) is 0 Å². The predicted octanol–water partition coefficient (Wildman–Crippen LogP) is 3.09. The minimum atomic E-state index is -0.198. The molecule has 0 fully saturated rings. The highest BCUT2D eigenvalue weighted by atomic mass is 127. The van der Waals surface area contributed by atoms with Gasteiger partial charge in [0.2, 0.25) is 0 Å². The molecule has 22 heavy (non-hydrogen) atoms. The predicted molar refractivity (Wildman–Crippen MR) is 104 cm³/mol. The first-order chi connectivity index (χ1) is 10.0. The maximum atomic E-state index is 13.2. The Kier molecular flexibility index (Phi) is 11.0. The molecule has 0 aliphatic carbocycles. The van der Waals surface area contributed by atoms with Gasteiger partial charge in [0.15, 0.2) is 5.96 Å². The Morgan fingerprint density at radius 2 is 2.05 bits per heavy atom. The smallest absolute Gasteiger partial charge is 0.190 e. The number of benzene rings is 1. The first-order valence-electron chi connectivity index (χ1n) is 7.44. The molecule has 2 N–H and O–H groups in total. The van der Waals surface area contributed by atoms with Crippen LogP contribution in [0.5, 0.6) is 0 Å². The van der Waals surface area contributed by atoms with Crippen LogP contribution in [0.15, 0.2) is 29.3 Å². The molecular weight excluding hydrogens is 394 g/mol. The maximum absolute atomic E-state index is 13.2. The Morgan fingerprint density at radius 3 is 2.64 bits per heavy atom. The van der Waals surface area contributed by atoms with E-state index in [4.69, 9.17) is 0 Å². The van der Waals surface area contributed by atoms with Crippen LogP contribution in [0.25, 0.3) is 0 Å². The summed E-state index contributed by atoms with van der Waals surface area (Å²) in [5.41, 5.74) is 0.900. The van der Waals surface area contributed by atoms with Crippen molar-refractivity contribution in [2.45, 2.75) is 20.3 Å². The Labute approximate surface area is 150 Å². The minimum absolute atomic E-state index is 0. The van der Waals surface area contributed by atoms with Gasteiger partial charge < -0.3 is 15.5 Å². The van der Waals surface area contributed by atoms with Crippen molar-refractivity contribution in [2.24, 2.45) is 10.9 Å². The minimum Gasteiger partial charge on any atom is -0.374 e. The summed E-state index contributed by atoms with van der Waals surface area (Å²) in [6.45, 7) is 6.92. The first-order valence-corrected chi connectivity index (χ1v) is 7.44. The molecule has 0 amide bonds. The van der Waals surface area contributed by atoms with Gasteiger partial charge in [0.05, 0.1) is 0 Å². The lowest BCUT2D eigenvalue weighted by Crippen LogP contribution is -2.40. The molecule has 0 aliphatic heterocycles. The highest BCUT2D eigenvalue weighted by molar-refractivity contribution is 14.0. The fourth-order valence-corrected chi connectivity index (χ4v) is 1.89. The van der Waals surface area contributed by atoms with E-state index < -0.39 is 0 Å². The van der Waals surface area contributed by atoms with Gasteiger partial charge in [0, 0.05) is 39.4 Å². The van der Waals surface area contributed by atoms with Crippen molar-refractivity contribution in [3.05, 3.63) is 30.1 Å². The average molecular weight is 422 g/mol. The van der Waals surface area contributed by atoms with Crippen LogP contribution in [0, 0.1) is 11.7 Å². The van der Waals surface area contributed by atoms with E-state index in [2.05, 4.69) is 34.4 Å². The summed E-state index contributed by atoms with van der Waals surface area (Å²) in [5.74, 6) is 1.22. The van der Waals surface area contributed by atoms with Gasteiger partial charge in [-0.25, -0.2) is 4.39 Å². The van der Waals surface area contributed by atoms with E-state index in [0.29, 0.717) is 5.92 Å². The molecule has 1 rings (SSSR count). The van der Waals surface area contributed by atoms with Gasteiger partial charge in [-0.1, -0.05) is 19.9 Å². The average Bonchev–Trinajstić information content (AvgIpc) is 2.46. The van der Waals surface area contributed by atoms with Crippen molar-refractivity contribution in [2.75, 3.05) is 38.6 Å². The van der Waals surface area contributed by atoms with E-state index in [-0.39, 0.29) is 29.8 Å². The third-order valence-corrected chi connectivity index (χ3v) is 3.11. The van der Waals surface area contributed by atoms with E-state index in [0.717, 1.165) is 37.7 Å². The number of halogens is 2. The molecule has 1 aromatic rings. The molecule has 0 saturated carbocycles. The largest absolute Gasteiger partial charge is 0.374 e. The van der Waals surface area contributed by atoms with Crippen LogP contribution in [-0.4, -0.2) is 39.7 Å². The van der Waals surface area contributed by atoms with Crippen LogP contribution < -0.4 is 15.5 Å². The maximum Gasteiger partial charge on any atom is 0.190 e. The van der Waals surface area contributed by atoms with E-state index >= 15 is 0 Å². The van der Waals surface area contributed by atoms with Crippen molar-refractivity contribution in [3.63, 3.8) is 0 Å². The summed E-state index contributed by atoms with van der Waals surface area (Å²) >= 11 is 0. The summed E-state index contributed by atoms with van der Waals surface area (Å²) in [4.78, 5) is 6.23. The van der Waals surface area contributed by atoms with E-state index in [1.54, 1.807) is 19.2 Å². The SMILES string of the molecule is CN=C(NCCCN(C)c1cccc(F)c1)NCC(C)C.I. The molecule has 0 spiro atoms. The molecule has 6 heteroatoms.